The van der Waals surface area contributed by atoms with Crippen LogP contribution in [0.25, 0.3) is 0 Å². The molecule has 2 rings (SSSR count). The number of amides is 1. The van der Waals surface area contributed by atoms with Crippen molar-refractivity contribution < 1.29 is 4.79 Å². The van der Waals surface area contributed by atoms with Crippen molar-refractivity contribution in [3.05, 3.63) is 10.7 Å². The molecule has 1 aromatic rings. The summed E-state index contributed by atoms with van der Waals surface area (Å²) in [6, 6.07) is 0. The standard InChI is InChI=1S/C9H13BrN6O/c10-6-5-13-9(15-11)14-8(6)16-3-1-7(17)12-2-4-16/h5H,1-4,11H2,(H,12,17)(H,13,14,15). The number of anilines is 2. The summed E-state index contributed by atoms with van der Waals surface area (Å²) in [5.41, 5.74) is 2.41. The number of nitrogens with two attached hydrogens (primary N) is 1. The molecular weight excluding hydrogens is 288 g/mol. The molecule has 2 heterocycles. The summed E-state index contributed by atoms with van der Waals surface area (Å²) in [5, 5.41) is 2.81. The lowest BCUT2D eigenvalue weighted by Gasteiger charge is -2.21. The largest absolute Gasteiger partial charge is 0.354 e. The van der Waals surface area contributed by atoms with Gasteiger partial charge < -0.3 is 10.2 Å². The van der Waals surface area contributed by atoms with Crippen molar-refractivity contribution in [2.24, 2.45) is 5.84 Å². The zero-order valence-electron chi connectivity index (χ0n) is 9.11. The van der Waals surface area contributed by atoms with Gasteiger partial charge in [-0.05, 0) is 15.9 Å². The van der Waals surface area contributed by atoms with E-state index in [4.69, 9.17) is 5.84 Å². The van der Waals surface area contributed by atoms with Crippen LogP contribution in [0.4, 0.5) is 11.8 Å². The minimum Gasteiger partial charge on any atom is -0.354 e. The third kappa shape index (κ3) is 2.83. The normalized spacial score (nSPS) is 16.4. The minimum atomic E-state index is 0.0647. The maximum atomic E-state index is 11.3. The van der Waals surface area contributed by atoms with Gasteiger partial charge in [-0.3, -0.25) is 10.2 Å². The van der Waals surface area contributed by atoms with Crippen molar-refractivity contribution in [1.29, 1.82) is 0 Å². The van der Waals surface area contributed by atoms with Crippen LogP contribution in [0.2, 0.25) is 0 Å². The number of nitrogen functional groups attached to an aromatic ring is 1. The maximum absolute atomic E-state index is 11.3. The van der Waals surface area contributed by atoms with E-state index in [1.807, 2.05) is 4.90 Å². The van der Waals surface area contributed by atoms with Crippen LogP contribution in [0.3, 0.4) is 0 Å². The molecule has 0 aromatic carbocycles. The van der Waals surface area contributed by atoms with Crippen molar-refractivity contribution in [2.75, 3.05) is 30.0 Å². The van der Waals surface area contributed by atoms with Gasteiger partial charge in [0.05, 0.1) is 4.47 Å². The van der Waals surface area contributed by atoms with E-state index in [0.29, 0.717) is 32.0 Å². The van der Waals surface area contributed by atoms with Crippen LogP contribution in [0.1, 0.15) is 6.42 Å². The molecule has 0 unspecified atom stereocenters. The number of carbonyl (C=O) groups is 1. The first-order chi connectivity index (χ1) is 8.20. The van der Waals surface area contributed by atoms with Gasteiger partial charge >= 0.3 is 0 Å². The van der Waals surface area contributed by atoms with Gasteiger partial charge in [-0.25, -0.2) is 10.8 Å². The number of hydrogen-bond donors (Lipinski definition) is 3. The van der Waals surface area contributed by atoms with E-state index in [9.17, 15) is 4.79 Å². The maximum Gasteiger partial charge on any atom is 0.239 e. The van der Waals surface area contributed by atoms with E-state index in [0.717, 1.165) is 10.3 Å². The summed E-state index contributed by atoms with van der Waals surface area (Å²) in [4.78, 5) is 21.5. The van der Waals surface area contributed by atoms with Gasteiger partial charge in [-0.1, -0.05) is 0 Å². The predicted molar refractivity (Wildman–Crippen MR) is 67.4 cm³/mol. The number of halogens is 1. The first-order valence-corrected chi connectivity index (χ1v) is 6.01. The van der Waals surface area contributed by atoms with Crippen LogP contribution in [0.15, 0.2) is 10.7 Å². The Kier molecular flexibility index (Phi) is 3.75. The molecule has 1 fully saturated rings. The summed E-state index contributed by atoms with van der Waals surface area (Å²) in [6.07, 6.45) is 2.10. The Morgan fingerprint density at radius 3 is 3.12 bits per heavy atom. The molecule has 1 saturated heterocycles. The van der Waals surface area contributed by atoms with Gasteiger partial charge in [0.2, 0.25) is 11.9 Å². The lowest BCUT2D eigenvalue weighted by molar-refractivity contribution is -0.120. The number of carbonyl (C=O) groups excluding carboxylic acids is 1. The smallest absolute Gasteiger partial charge is 0.239 e. The summed E-state index contributed by atoms with van der Waals surface area (Å²) >= 11 is 3.40. The van der Waals surface area contributed by atoms with Crippen LogP contribution in [-0.4, -0.2) is 35.5 Å². The summed E-state index contributed by atoms with van der Waals surface area (Å²) in [7, 11) is 0. The highest BCUT2D eigenvalue weighted by molar-refractivity contribution is 9.10. The van der Waals surface area contributed by atoms with E-state index in [-0.39, 0.29) is 5.91 Å². The third-order valence-corrected chi connectivity index (χ3v) is 3.03. The minimum absolute atomic E-state index is 0.0647. The number of nitrogens with zero attached hydrogens (tertiary/aromatic N) is 3. The number of hydrazine groups is 1. The second-order valence-corrected chi connectivity index (χ2v) is 4.45. The Bertz CT molecular complexity index is 426. The fraction of sp³-hybridized carbons (Fsp3) is 0.444. The lowest BCUT2D eigenvalue weighted by atomic mass is 10.3. The van der Waals surface area contributed by atoms with E-state index in [1.165, 1.54) is 0 Å². The van der Waals surface area contributed by atoms with E-state index in [2.05, 4.69) is 36.6 Å². The van der Waals surface area contributed by atoms with Crippen LogP contribution in [0.5, 0.6) is 0 Å². The first kappa shape index (κ1) is 12.1. The number of nitrogens with one attached hydrogen (secondary N) is 2. The van der Waals surface area contributed by atoms with Crippen molar-refractivity contribution in [1.82, 2.24) is 15.3 Å². The fourth-order valence-electron chi connectivity index (χ4n) is 1.63. The molecule has 4 N–H and O–H groups in total. The molecule has 0 saturated carbocycles. The van der Waals surface area contributed by atoms with Crippen molar-refractivity contribution >= 4 is 33.6 Å². The molecule has 17 heavy (non-hydrogen) atoms. The van der Waals surface area contributed by atoms with Gasteiger partial charge in [-0.2, -0.15) is 4.98 Å². The highest BCUT2D eigenvalue weighted by atomic mass is 79.9. The molecule has 0 atom stereocenters. The Morgan fingerprint density at radius 1 is 1.53 bits per heavy atom. The molecule has 0 radical (unpaired) electrons. The van der Waals surface area contributed by atoms with Crippen LogP contribution in [0, 0.1) is 0 Å². The van der Waals surface area contributed by atoms with Gasteiger partial charge in [0.1, 0.15) is 5.82 Å². The molecule has 1 aliphatic heterocycles. The van der Waals surface area contributed by atoms with Gasteiger partial charge in [0.15, 0.2) is 0 Å². The second-order valence-electron chi connectivity index (χ2n) is 3.60. The van der Waals surface area contributed by atoms with Crippen LogP contribution >= 0.6 is 15.9 Å². The second kappa shape index (κ2) is 5.28. The monoisotopic (exact) mass is 300 g/mol. The zero-order chi connectivity index (χ0) is 12.3. The van der Waals surface area contributed by atoms with Crippen LogP contribution < -0.4 is 21.5 Å². The predicted octanol–water partition coefficient (Wildman–Crippen LogP) is -0.149. The summed E-state index contributed by atoms with van der Waals surface area (Å²) < 4.78 is 0.783. The molecular formula is C9H13BrN6O. The van der Waals surface area contributed by atoms with E-state index >= 15 is 0 Å². The van der Waals surface area contributed by atoms with E-state index < -0.39 is 0 Å². The molecule has 92 valence electrons. The van der Waals surface area contributed by atoms with Gasteiger partial charge in [0.25, 0.3) is 0 Å². The van der Waals surface area contributed by atoms with Crippen LogP contribution in [-0.2, 0) is 4.79 Å². The van der Waals surface area contributed by atoms with Crippen molar-refractivity contribution in [2.45, 2.75) is 6.42 Å². The first-order valence-electron chi connectivity index (χ1n) is 5.21. The molecule has 0 aliphatic carbocycles. The Morgan fingerprint density at radius 2 is 2.35 bits per heavy atom. The Balaban J connectivity index is 2.22. The average Bonchev–Trinajstić information content (AvgIpc) is 2.55. The molecule has 1 aromatic heterocycles. The molecule has 8 heteroatoms. The lowest BCUT2D eigenvalue weighted by Crippen LogP contribution is -2.29. The third-order valence-electron chi connectivity index (χ3n) is 2.47. The van der Waals surface area contributed by atoms with Crippen molar-refractivity contribution in [3.63, 3.8) is 0 Å². The number of rotatable bonds is 2. The highest BCUT2D eigenvalue weighted by Gasteiger charge is 2.17. The molecule has 0 spiro atoms. The van der Waals surface area contributed by atoms with Crippen molar-refractivity contribution in [3.8, 4) is 0 Å². The van der Waals surface area contributed by atoms with E-state index in [1.54, 1.807) is 6.20 Å². The highest BCUT2D eigenvalue weighted by Crippen LogP contribution is 2.24. The van der Waals surface area contributed by atoms with Gasteiger partial charge in [0, 0.05) is 32.3 Å². The van der Waals surface area contributed by atoms with Gasteiger partial charge in [-0.15, -0.1) is 0 Å². The SMILES string of the molecule is NNc1ncc(Br)c(N2CCNC(=O)CC2)n1. The number of aromatic nitrogens is 2. The Hall–Kier alpha value is -1.41. The molecule has 0 bridgehead atoms. The summed E-state index contributed by atoms with van der Waals surface area (Å²) in [5.74, 6) is 6.43. The number of hydrogen-bond acceptors (Lipinski definition) is 6. The molecule has 1 aliphatic rings. The Labute approximate surface area is 107 Å². The average molecular weight is 301 g/mol. The zero-order valence-corrected chi connectivity index (χ0v) is 10.7. The topological polar surface area (TPSA) is 96.2 Å². The molecule has 7 nitrogen and oxygen atoms in total. The molecule has 1 amide bonds. The quantitative estimate of drug-likeness (QED) is 0.519. The summed E-state index contributed by atoms with van der Waals surface area (Å²) in [6.45, 7) is 1.96. The fourth-order valence-corrected chi connectivity index (χ4v) is 2.07.